The van der Waals surface area contributed by atoms with Gasteiger partial charge in [-0.2, -0.15) is 0 Å². The van der Waals surface area contributed by atoms with Crippen LogP contribution in [0.25, 0.3) is 0 Å². The summed E-state index contributed by atoms with van der Waals surface area (Å²) in [6.07, 6.45) is 10.0. The van der Waals surface area contributed by atoms with Crippen molar-refractivity contribution >= 4 is 5.96 Å². The standard InChI is InChI=1S/C22H41N3O3/c1-3-23-21(24-12-7-13-27-17-18-8-14-26-15-9-18)25-19-16-20(28-4-2)22(19)10-5-6-11-22/h18-20H,3-17H2,1-2H3,(H2,23,24,25). The third-order valence-electron chi connectivity index (χ3n) is 6.75. The molecule has 0 bridgehead atoms. The fourth-order valence-corrected chi connectivity index (χ4v) is 5.09. The third-order valence-corrected chi connectivity index (χ3v) is 6.75. The molecule has 0 aromatic carbocycles. The number of nitrogens with zero attached hydrogens (tertiary/aromatic N) is 1. The Bertz CT molecular complexity index is 474. The van der Waals surface area contributed by atoms with E-state index >= 15 is 0 Å². The van der Waals surface area contributed by atoms with E-state index in [-0.39, 0.29) is 0 Å². The molecule has 162 valence electrons. The second kappa shape index (κ2) is 11.4. The van der Waals surface area contributed by atoms with Crippen LogP contribution in [0.15, 0.2) is 4.99 Å². The van der Waals surface area contributed by atoms with Gasteiger partial charge in [0.05, 0.1) is 6.10 Å². The number of ether oxygens (including phenoxy) is 3. The first kappa shape index (κ1) is 21.8. The zero-order valence-electron chi connectivity index (χ0n) is 18.0. The maximum atomic E-state index is 6.04. The van der Waals surface area contributed by atoms with Crippen molar-refractivity contribution in [3.63, 3.8) is 0 Å². The highest BCUT2D eigenvalue weighted by Gasteiger charge is 2.56. The maximum Gasteiger partial charge on any atom is 0.191 e. The Morgan fingerprint density at radius 2 is 1.96 bits per heavy atom. The van der Waals surface area contributed by atoms with Gasteiger partial charge in [-0.15, -0.1) is 0 Å². The largest absolute Gasteiger partial charge is 0.381 e. The van der Waals surface area contributed by atoms with Gasteiger partial charge in [0.2, 0.25) is 0 Å². The molecule has 2 atom stereocenters. The van der Waals surface area contributed by atoms with Crippen LogP contribution >= 0.6 is 0 Å². The Kier molecular flexibility index (Phi) is 8.87. The van der Waals surface area contributed by atoms with E-state index in [0.29, 0.717) is 23.5 Å². The molecular weight excluding hydrogens is 354 g/mol. The van der Waals surface area contributed by atoms with Gasteiger partial charge in [-0.3, -0.25) is 4.99 Å². The summed E-state index contributed by atoms with van der Waals surface area (Å²) in [6, 6.07) is 0.495. The molecule has 0 aromatic heterocycles. The number of hydrogen-bond acceptors (Lipinski definition) is 4. The lowest BCUT2D eigenvalue weighted by atomic mass is 9.60. The van der Waals surface area contributed by atoms with Crippen molar-refractivity contribution in [2.45, 2.75) is 77.4 Å². The highest BCUT2D eigenvalue weighted by Crippen LogP contribution is 2.54. The van der Waals surface area contributed by atoms with Crippen molar-refractivity contribution in [3.05, 3.63) is 0 Å². The minimum Gasteiger partial charge on any atom is -0.381 e. The van der Waals surface area contributed by atoms with Crippen molar-refractivity contribution in [1.82, 2.24) is 10.6 Å². The SMILES string of the molecule is CCNC(=NCCCOCC1CCOCC1)NC1CC(OCC)C12CCCC2. The summed E-state index contributed by atoms with van der Waals surface area (Å²) in [5, 5.41) is 7.14. The molecule has 2 unspecified atom stereocenters. The van der Waals surface area contributed by atoms with Gasteiger partial charge in [0, 0.05) is 57.6 Å². The van der Waals surface area contributed by atoms with Gasteiger partial charge in [-0.1, -0.05) is 12.8 Å². The number of rotatable bonds is 10. The van der Waals surface area contributed by atoms with Crippen molar-refractivity contribution in [1.29, 1.82) is 0 Å². The molecule has 6 nitrogen and oxygen atoms in total. The van der Waals surface area contributed by atoms with Crippen LogP contribution in [-0.2, 0) is 14.2 Å². The number of aliphatic imine (C=N–C) groups is 1. The van der Waals surface area contributed by atoms with Crippen LogP contribution in [0.1, 0.15) is 65.2 Å². The smallest absolute Gasteiger partial charge is 0.191 e. The molecule has 28 heavy (non-hydrogen) atoms. The minimum atomic E-state index is 0.332. The van der Waals surface area contributed by atoms with Gasteiger partial charge in [-0.05, 0) is 58.3 Å². The molecule has 1 aliphatic heterocycles. The van der Waals surface area contributed by atoms with Crippen molar-refractivity contribution < 1.29 is 14.2 Å². The summed E-state index contributed by atoms with van der Waals surface area (Å²) in [5.74, 6) is 1.63. The molecule has 1 saturated heterocycles. The molecule has 2 N–H and O–H groups in total. The van der Waals surface area contributed by atoms with Gasteiger partial charge in [0.25, 0.3) is 0 Å². The van der Waals surface area contributed by atoms with E-state index in [9.17, 15) is 0 Å². The van der Waals surface area contributed by atoms with Crippen molar-refractivity contribution in [2.24, 2.45) is 16.3 Å². The van der Waals surface area contributed by atoms with Crippen LogP contribution < -0.4 is 10.6 Å². The van der Waals surface area contributed by atoms with Crippen LogP contribution in [0, 0.1) is 11.3 Å². The first-order valence-corrected chi connectivity index (χ1v) is 11.6. The van der Waals surface area contributed by atoms with Crippen LogP contribution in [0.2, 0.25) is 0 Å². The summed E-state index contributed by atoms with van der Waals surface area (Å²) in [6.45, 7) is 10.2. The van der Waals surface area contributed by atoms with E-state index in [1.165, 1.54) is 25.7 Å². The molecule has 1 heterocycles. The van der Waals surface area contributed by atoms with Gasteiger partial charge in [-0.25, -0.2) is 0 Å². The van der Waals surface area contributed by atoms with E-state index in [1.807, 2.05) is 0 Å². The molecule has 0 aromatic rings. The second-order valence-electron chi connectivity index (χ2n) is 8.56. The van der Waals surface area contributed by atoms with Crippen LogP contribution in [-0.4, -0.2) is 64.2 Å². The Balaban J connectivity index is 1.39. The van der Waals surface area contributed by atoms with E-state index in [0.717, 1.165) is 77.8 Å². The summed E-state index contributed by atoms with van der Waals surface area (Å²) in [5.41, 5.74) is 0.332. The van der Waals surface area contributed by atoms with Gasteiger partial charge < -0.3 is 24.8 Å². The van der Waals surface area contributed by atoms with Crippen LogP contribution in [0.3, 0.4) is 0 Å². The second-order valence-corrected chi connectivity index (χ2v) is 8.56. The summed E-state index contributed by atoms with van der Waals surface area (Å²) >= 11 is 0. The molecular formula is C22H41N3O3. The normalized spacial score (nSPS) is 27.7. The quantitative estimate of drug-likeness (QED) is 0.338. The monoisotopic (exact) mass is 395 g/mol. The molecule has 2 saturated carbocycles. The van der Waals surface area contributed by atoms with E-state index in [1.54, 1.807) is 0 Å². The van der Waals surface area contributed by atoms with E-state index < -0.39 is 0 Å². The number of nitrogens with one attached hydrogen (secondary N) is 2. The van der Waals surface area contributed by atoms with E-state index in [2.05, 4.69) is 24.5 Å². The third kappa shape index (κ3) is 5.61. The first-order valence-electron chi connectivity index (χ1n) is 11.6. The predicted octanol–water partition coefficient (Wildman–Crippen LogP) is 3.11. The molecule has 0 radical (unpaired) electrons. The fraction of sp³-hybridized carbons (Fsp3) is 0.955. The molecule has 0 amide bonds. The topological polar surface area (TPSA) is 64.1 Å². The van der Waals surface area contributed by atoms with Gasteiger partial charge >= 0.3 is 0 Å². The lowest BCUT2D eigenvalue weighted by Crippen LogP contribution is -2.65. The van der Waals surface area contributed by atoms with Gasteiger partial charge in [0.15, 0.2) is 5.96 Å². The maximum absolute atomic E-state index is 6.04. The Labute approximate surface area is 171 Å². The molecule has 3 aliphatic rings. The molecule has 3 fully saturated rings. The molecule has 2 aliphatic carbocycles. The summed E-state index contributed by atoms with van der Waals surface area (Å²) in [4.78, 5) is 4.80. The minimum absolute atomic E-state index is 0.332. The summed E-state index contributed by atoms with van der Waals surface area (Å²) in [7, 11) is 0. The predicted molar refractivity (Wildman–Crippen MR) is 113 cm³/mol. The Morgan fingerprint density at radius 3 is 2.68 bits per heavy atom. The molecule has 6 heteroatoms. The lowest BCUT2D eigenvalue weighted by molar-refractivity contribution is -0.125. The first-order chi connectivity index (χ1) is 13.8. The van der Waals surface area contributed by atoms with Crippen molar-refractivity contribution in [3.8, 4) is 0 Å². The van der Waals surface area contributed by atoms with Crippen LogP contribution in [0.5, 0.6) is 0 Å². The highest BCUT2D eigenvalue weighted by molar-refractivity contribution is 5.80. The zero-order valence-corrected chi connectivity index (χ0v) is 18.0. The van der Waals surface area contributed by atoms with Crippen molar-refractivity contribution in [2.75, 3.05) is 46.1 Å². The number of guanidine groups is 1. The zero-order chi connectivity index (χ0) is 19.7. The van der Waals surface area contributed by atoms with E-state index in [4.69, 9.17) is 19.2 Å². The fourth-order valence-electron chi connectivity index (χ4n) is 5.09. The highest BCUT2D eigenvalue weighted by atomic mass is 16.5. The summed E-state index contributed by atoms with van der Waals surface area (Å²) < 4.78 is 17.3. The average Bonchev–Trinajstić information content (AvgIpc) is 3.24. The lowest BCUT2D eigenvalue weighted by Gasteiger charge is -2.54. The Morgan fingerprint density at radius 1 is 1.18 bits per heavy atom. The van der Waals surface area contributed by atoms with Crippen LogP contribution in [0.4, 0.5) is 0 Å². The van der Waals surface area contributed by atoms with Gasteiger partial charge in [0.1, 0.15) is 0 Å². The number of hydrogen-bond donors (Lipinski definition) is 2. The average molecular weight is 396 g/mol. The Hall–Kier alpha value is -0.850. The molecule has 3 rings (SSSR count). The molecule has 1 spiro atoms.